The minimum atomic E-state index is -3.61. The van der Waals surface area contributed by atoms with Crippen LogP contribution in [-0.2, 0) is 0 Å². The Balaban J connectivity index is 1.13. The Bertz CT molecular complexity index is 3720. The third-order valence-electron chi connectivity index (χ3n) is 13.4. The molecule has 328 valence electrons. The first-order valence-corrected chi connectivity index (χ1v) is 27.7. The SMILES string of the molecule is [C-]#[N+]c1ccc(-c2ccc3c4ccccc4n(-c4ccc(-c5ccc[c]([Ge]([c]6ccccc6)([c]6ccccc6)[c]6ccccc6)c5)cc4-c4nc(-c5ccccc5)nc(-c5ccccc5)n4)c3c2)cc1. The van der Waals surface area contributed by atoms with Crippen molar-refractivity contribution in [3.8, 4) is 62.1 Å². The van der Waals surface area contributed by atoms with Crippen molar-refractivity contribution in [2.75, 3.05) is 0 Å². The van der Waals surface area contributed by atoms with E-state index in [4.69, 9.17) is 21.5 Å². The van der Waals surface area contributed by atoms with E-state index in [9.17, 15) is 0 Å². The van der Waals surface area contributed by atoms with Crippen LogP contribution < -0.4 is 17.6 Å². The maximum Gasteiger partial charge on any atom is -0.0560 e. The van der Waals surface area contributed by atoms with Crippen LogP contribution in [0.5, 0.6) is 0 Å². The summed E-state index contributed by atoms with van der Waals surface area (Å²) in [6, 6.07) is 92.9. The number of rotatable bonds is 10. The average Bonchev–Trinajstić information content (AvgIpc) is 3.78. The van der Waals surface area contributed by atoms with Gasteiger partial charge >= 0.3 is 359 Å². The van der Waals surface area contributed by atoms with Crippen LogP contribution in [-0.4, -0.2) is 32.8 Å². The minimum Gasteiger partial charge on any atom is -0.0649 e. The first kappa shape index (κ1) is 42.4. The van der Waals surface area contributed by atoms with Gasteiger partial charge in [0.15, 0.2) is 5.69 Å². The van der Waals surface area contributed by atoms with E-state index in [2.05, 4.69) is 210 Å². The van der Waals surface area contributed by atoms with Crippen LogP contribution in [0, 0.1) is 6.57 Å². The van der Waals surface area contributed by atoms with Gasteiger partial charge < -0.3 is 0 Å². The van der Waals surface area contributed by atoms with E-state index in [1.54, 1.807) is 0 Å². The zero-order chi connectivity index (χ0) is 46.9. The van der Waals surface area contributed by atoms with Crippen molar-refractivity contribution in [1.82, 2.24) is 19.5 Å². The first-order chi connectivity index (χ1) is 34.7. The number of benzene rings is 10. The summed E-state index contributed by atoms with van der Waals surface area (Å²) in [5.41, 5.74) is 10.6. The molecule has 10 aromatic carbocycles. The number of hydrogen-bond acceptors (Lipinski definition) is 3. The van der Waals surface area contributed by atoms with Crippen LogP contribution in [0.1, 0.15) is 0 Å². The molecule has 12 aromatic rings. The van der Waals surface area contributed by atoms with Gasteiger partial charge in [-0.05, 0) is 0 Å². The molecular formula is C64H43GeN5. The topological polar surface area (TPSA) is 48.0 Å². The van der Waals surface area contributed by atoms with Crippen molar-refractivity contribution in [1.29, 1.82) is 0 Å². The molecular weight excluding hydrogens is 911 g/mol. The summed E-state index contributed by atoms with van der Waals surface area (Å²) in [5, 5.41) is 2.28. The molecule has 0 fully saturated rings. The van der Waals surface area contributed by atoms with Crippen molar-refractivity contribution < 1.29 is 0 Å². The Hall–Kier alpha value is -8.96. The van der Waals surface area contributed by atoms with Crippen molar-refractivity contribution in [3.05, 3.63) is 272 Å². The van der Waals surface area contributed by atoms with Crippen LogP contribution >= 0.6 is 0 Å². The summed E-state index contributed by atoms with van der Waals surface area (Å²) >= 11 is -3.61. The Morgan fingerprint density at radius 3 is 1.36 bits per heavy atom. The van der Waals surface area contributed by atoms with E-state index in [1.807, 2.05) is 60.7 Å². The van der Waals surface area contributed by atoms with E-state index in [-0.39, 0.29) is 0 Å². The molecule has 0 spiro atoms. The van der Waals surface area contributed by atoms with Gasteiger partial charge in [0.1, 0.15) is 0 Å². The largest absolute Gasteiger partial charge is 0.0649 e. The number of aromatic nitrogens is 4. The number of hydrogen-bond donors (Lipinski definition) is 0. The van der Waals surface area contributed by atoms with Gasteiger partial charge in [-0.2, -0.15) is 0 Å². The molecule has 0 aliphatic rings. The van der Waals surface area contributed by atoms with E-state index in [0.717, 1.165) is 66.4 Å². The number of fused-ring (bicyclic) bond motifs is 3. The van der Waals surface area contributed by atoms with Crippen LogP contribution in [0.4, 0.5) is 5.69 Å². The summed E-state index contributed by atoms with van der Waals surface area (Å²) in [4.78, 5) is 19.5. The molecule has 0 atom stereocenters. The fourth-order valence-electron chi connectivity index (χ4n) is 10.2. The van der Waals surface area contributed by atoms with Crippen LogP contribution in [0.25, 0.3) is 88.8 Å². The first-order valence-electron chi connectivity index (χ1n) is 23.5. The third kappa shape index (κ3) is 7.58. The molecule has 0 bridgehead atoms. The minimum absolute atomic E-state index is 0.572. The van der Waals surface area contributed by atoms with Gasteiger partial charge in [-0.15, -0.1) is 0 Å². The van der Waals surface area contributed by atoms with Gasteiger partial charge in [-0.25, -0.2) is 4.85 Å². The summed E-state index contributed by atoms with van der Waals surface area (Å²) in [6.07, 6.45) is 0. The molecule has 0 N–H and O–H groups in total. The van der Waals surface area contributed by atoms with Crippen molar-refractivity contribution in [3.63, 3.8) is 0 Å². The Kier molecular flexibility index (Phi) is 11.1. The maximum atomic E-state index is 7.55. The van der Waals surface area contributed by atoms with Crippen molar-refractivity contribution >= 4 is 58.3 Å². The number of para-hydroxylation sites is 1. The molecule has 0 radical (unpaired) electrons. The summed E-state index contributed by atoms with van der Waals surface area (Å²) in [5.74, 6) is 1.77. The Morgan fingerprint density at radius 2 is 0.771 bits per heavy atom. The molecule has 0 saturated carbocycles. The monoisotopic (exact) mass is 955 g/mol. The summed E-state index contributed by atoms with van der Waals surface area (Å²) < 4.78 is 7.81. The van der Waals surface area contributed by atoms with Gasteiger partial charge in [-0.3, -0.25) is 0 Å². The van der Waals surface area contributed by atoms with Gasteiger partial charge in [0.2, 0.25) is 0 Å². The van der Waals surface area contributed by atoms with Crippen molar-refractivity contribution in [2.24, 2.45) is 0 Å². The summed E-state index contributed by atoms with van der Waals surface area (Å²) in [7, 11) is 0. The third-order valence-corrected chi connectivity index (χ3v) is 23.4. The number of nitrogens with zero attached hydrogens (tertiary/aromatic N) is 5. The smallest absolute Gasteiger partial charge is 0.0560 e. The van der Waals surface area contributed by atoms with Crippen LogP contribution in [0.2, 0.25) is 0 Å². The predicted molar refractivity (Wildman–Crippen MR) is 291 cm³/mol. The molecule has 6 heteroatoms. The molecule has 12 rings (SSSR count). The van der Waals surface area contributed by atoms with Crippen LogP contribution in [0.3, 0.4) is 0 Å². The standard InChI is InChI=1S/C64H43GeN5/c1-66-55-38-34-45(35-39-55)50-36-40-57-56-32-17-18-33-59(56)70(61(57)44-50)60-41-37-49(43-58(60)64-68-62(46-20-7-2-8-21-46)67-63(69-64)47-22-9-3-10-23-47)48-24-19-31-54(42-48)65(51-25-11-4-12-26-51,52-27-13-5-14-28-52)53-29-15-6-16-30-53/h2-44H. The van der Waals surface area contributed by atoms with E-state index < -0.39 is 13.3 Å². The van der Waals surface area contributed by atoms with Crippen LogP contribution in [0.15, 0.2) is 261 Å². The Morgan fingerprint density at radius 1 is 0.329 bits per heavy atom. The maximum absolute atomic E-state index is 7.55. The van der Waals surface area contributed by atoms with Gasteiger partial charge in [0, 0.05) is 0 Å². The second-order valence-electron chi connectivity index (χ2n) is 17.4. The average molecular weight is 955 g/mol. The fraction of sp³-hybridized carbons (Fsp3) is 0. The molecule has 70 heavy (non-hydrogen) atoms. The molecule has 2 aromatic heterocycles. The molecule has 0 aliphatic heterocycles. The molecule has 0 amide bonds. The van der Waals surface area contributed by atoms with E-state index >= 15 is 0 Å². The van der Waals surface area contributed by atoms with Crippen molar-refractivity contribution in [2.45, 2.75) is 0 Å². The zero-order valence-electron chi connectivity index (χ0n) is 38.1. The summed E-state index contributed by atoms with van der Waals surface area (Å²) in [6.45, 7) is 7.55. The molecule has 0 aliphatic carbocycles. The van der Waals surface area contributed by atoms with E-state index in [0.29, 0.717) is 23.2 Å². The zero-order valence-corrected chi connectivity index (χ0v) is 40.2. The quantitative estimate of drug-likeness (QED) is 0.101. The predicted octanol–water partition coefficient (Wildman–Crippen LogP) is 13.2. The molecule has 0 unspecified atom stereocenters. The fourth-order valence-corrected chi connectivity index (χ4v) is 20.2. The van der Waals surface area contributed by atoms with Gasteiger partial charge in [0.05, 0.1) is 6.57 Å². The van der Waals surface area contributed by atoms with Gasteiger partial charge in [0.25, 0.3) is 0 Å². The second-order valence-corrected chi connectivity index (χ2v) is 25.4. The van der Waals surface area contributed by atoms with Gasteiger partial charge in [-0.1, -0.05) is 36.4 Å². The molecule has 5 nitrogen and oxygen atoms in total. The Labute approximate surface area is 409 Å². The van der Waals surface area contributed by atoms with E-state index in [1.165, 1.54) is 17.6 Å². The second kappa shape index (κ2) is 18.3. The normalized spacial score (nSPS) is 11.4. The molecule has 0 saturated heterocycles. The molecule has 2 heterocycles.